The third-order valence-electron chi connectivity index (χ3n) is 1.19. The highest BCUT2D eigenvalue weighted by atomic mass is 79.9. The molecule has 44 valence electrons. The second-order valence-corrected chi connectivity index (χ2v) is 6.93. The van der Waals surface area contributed by atoms with Gasteiger partial charge in [-0.05, 0) is 5.04 Å². The van der Waals surface area contributed by atoms with Gasteiger partial charge in [0.1, 0.15) is 0 Å². The Morgan fingerprint density at radius 1 is 1.57 bits per heavy atom. The van der Waals surface area contributed by atoms with E-state index in [4.69, 9.17) is 0 Å². The maximum Gasteiger partial charge on any atom is 0.0135 e. The smallest absolute Gasteiger partial charge is 0.0135 e. The number of hydrogen-bond donors (Lipinski definition) is 0. The molecule has 0 amide bonds. The molecule has 0 aliphatic rings. The lowest BCUT2D eigenvalue weighted by Crippen LogP contribution is -2.12. The standard InChI is InChI=1S/C5H13BrSi/c1-4(6)5(2,3)7/h4H,1-3,7H3. The van der Waals surface area contributed by atoms with Crippen LogP contribution in [0.1, 0.15) is 20.8 Å². The summed E-state index contributed by atoms with van der Waals surface area (Å²) in [6.45, 7) is 6.75. The summed E-state index contributed by atoms with van der Waals surface area (Å²) in [5.41, 5.74) is 0. The molecule has 1 atom stereocenters. The van der Waals surface area contributed by atoms with Gasteiger partial charge < -0.3 is 0 Å². The molecule has 0 aromatic carbocycles. The molecule has 0 rings (SSSR count). The van der Waals surface area contributed by atoms with Crippen LogP contribution in [0, 0.1) is 0 Å². The minimum absolute atomic E-state index is 0.556. The Bertz CT molecular complexity index is 53.6. The first kappa shape index (κ1) is 7.70. The van der Waals surface area contributed by atoms with E-state index in [2.05, 4.69) is 36.7 Å². The fourth-order valence-electron chi connectivity index (χ4n) is 0. The summed E-state index contributed by atoms with van der Waals surface area (Å²) in [7, 11) is 1.27. The molecule has 0 radical (unpaired) electrons. The SMILES string of the molecule is CC(Br)C(C)(C)[SiH3]. The van der Waals surface area contributed by atoms with Crippen molar-refractivity contribution >= 4 is 26.2 Å². The Morgan fingerprint density at radius 3 is 1.71 bits per heavy atom. The summed E-state index contributed by atoms with van der Waals surface area (Å²) in [4.78, 5) is 0.673. The molecule has 0 fully saturated rings. The predicted octanol–water partition coefficient (Wildman–Crippen LogP) is 1.33. The second kappa shape index (κ2) is 2.31. The first-order chi connectivity index (χ1) is 2.94. The van der Waals surface area contributed by atoms with Crippen molar-refractivity contribution in [2.75, 3.05) is 0 Å². The van der Waals surface area contributed by atoms with Crippen molar-refractivity contribution < 1.29 is 0 Å². The topological polar surface area (TPSA) is 0 Å². The summed E-state index contributed by atoms with van der Waals surface area (Å²) in [6, 6.07) is 0. The van der Waals surface area contributed by atoms with Crippen molar-refractivity contribution in [3.63, 3.8) is 0 Å². The van der Waals surface area contributed by atoms with Gasteiger partial charge >= 0.3 is 0 Å². The quantitative estimate of drug-likeness (QED) is 0.423. The Kier molecular flexibility index (Phi) is 2.54. The van der Waals surface area contributed by atoms with Gasteiger partial charge in [-0.25, -0.2) is 0 Å². The monoisotopic (exact) mass is 180 g/mol. The lowest BCUT2D eigenvalue weighted by atomic mass is 10.1. The Hall–Kier alpha value is 0.697. The zero-order valence-corrected chi connectivity index (χ0v) is 9.04. The minimum Gasteiger partial charge on any atom is -0.0891 e. The summed E-state index contributed by atoms with van der Waals surface area (Å²) < 4.78 is 0. The number of hydrogen-bond acceptors (Lipinski definition) is 0. The molecule has 0 nitrogen and oxygen atoms in total. The molecule has 0 saturated carbocycles. The normalized spacial score (nSPS) is 17.1. The number of halogens is 1. The van der Waals surface area contributed by atoms with Crippen LogP contribution in [0.3, 0.4) is 0 Å². The molecule has 0 spiro atoms. The van der Waals surface area contributed by atoms with Crippen molar-refractivity contribution in [1.82, 2.24) is 0 Å². The fraction of sp³-hybridized carbons (Fsp3) is 1.00. The minimum atomic E-state index is 0.556. The molecule has 2 heteroatoms. The maximum absolute atomic E-state index is 3.53. The average molecular weight is 181 g/mol. The van der Waals surface area contributed by atoms with E-state index in [-0.39, 0.29) is 0 Å². The van der Waals surface area contributed by atoms with E-state index >= 15 is 0 Å². The van der Waals surface area contributed by atoms with E-state index in [0.717, 1.165) is 0 Å². The van der Waals surface area contributed by atoms with Crippen LogP contribution in [0.5, 0.6) is 0 Å². The van der Waals surface area contributed by atoms with Gasteiger partial charge in [0.05, 0.1) is 0 Å². The van der Waals surface area contributed by atoms with Crippen LogP contribution in [0.4, 0.5) is 0 Å². The first-order valence-electron chi connectivity index (χ1n) is 2.58. The predicted molar refractivity (Wildman–Crippen MR) is 42.4 cm³/mol. The molecule has 0 N–H and O–H groups in total. The summed E-state index contributed by atoms with van der Waals surface area (Å²) >= 11 is 3.53. The van der Waals surface area contributed by atoms with E-state index < -0.39 is 0 Å². The molecule has 7 heavy (non-hydrogen) atoms. The van der Waals surface area contributed by atoms with Gasteiger partial charge in [0.25, 0.3) is 0 Å². The highest BCUT2D eigenvalue weighted by molar-refractivity contribution is 9.09. The number of alkyl halides is 1. The van der Waals surface area contributed by atoms with Crippen molar-refractivity contribution in [1.29, 1.82) is 0 Å². The Labute approximate surface area is 57.2 Å². The summed E-state index contributed by atoms with van der Waals surface area (Å²) in [6.07, 6.45) is 0. The molecule has 0 saturated heterocycles. The van der Waals surface area contributed by atoms with E-state index in [9.17, 15) is 0 Å². The van der Waals surface area contributed by atoms with Crippen LogP contribution in [-0.2, 0) is 0 Å². The van der Waals surface area contributed by atoms with E-state index in [0.29, 0.717) is 9.87 Å². The lowest BCUT2D eigenvalue weighted by Gasteiger charge is -2.20. The molecular weight excluding hydrogens is 168 g/mol. The van der Waals surface area contributed by atoms with Crippen LogP contribution in [0.2, 0.25) is 5.04 Å². The van der Waals surface area contributed by atoms with Crippen molar-refractivity contribution in [3.8, 4) is 0 Å². The van der Waals surface area contributed by atoms with Gasteiger partial charge in [0.2, 0.25) is 0 Å². The largest absolute Gasteiger partial charge is 0.0891 e. The highest BCUT2D eigenvalue weighted by Gasteiger charge is 2.15. The Balaban J connectivity index is 3.54. The molecule has 0 bridgehead atoms. The molecule has 0 aliphatic heterocycles. The molecule has 0 heterocycles. The fourth-order valence-corrected chi connectivity index (χ4v) is 0. The van der Waals surface area contributed by atoms with E-state index in [1.165, 1.54) is 10.2 Å². The maximum atomic E-state index is 3.53. The molecule has 0 aromatic rings. The van der Waals surface area contributed by atoms with Crippen LogP contribution >= 0.6 is 15.9 Å². The third kappa shape index (κ3) is 3.29. The van der Waals surface area contributed by atoms with Crippen LogP contribution < -0.4 is 0 Å². The molecule has 0 aromatic heterocycles. The zero-order chi connectivity index (χ0) is 6.08. The van der Waals surface area contributed by atoms with Crippen molar-refractivity contribution in [3.05, 3.63) is 0 Å². The van der Waals surface area contributed by atoms with Crippen LogP contribution in [0.15, 0.2) is 0 Å². The highest BCUT2D eigenvalue weighted by Crippen LogP contribution is 2.28. The Morgan fingerprint density at radius 2 is 1.71 bits per heavy atom. The zero-order valence-electron chi connectivity index (χ0n) is 5.46. The van der Waals surface area contributed by atoms with Crippen LogP contribution in [-0.4, -0.2) is 15.1 Å². The molecule has 1 unspecified atom stereocenters. The van der Waals surface area contributed by atoms with Gasteiger partial charge in [-0.1, -0.05) is 36.7 Å². The van der Waals surface area contributed by atoms with Crippen molar-refractivity contribution in [2.45, 2.75) is 30.6 Å². The third-order valence-corrected chi connectivity index (χ3v) is 4.28. The van der Waals surface area contributed by atoms with Crippen LogP contribution in [0.25, 0.3) is 0 Å². The van der Waals surface area contributed by atoms with Gasteiger partial charge in [-0.3, -0.25) is 0 Å². The number of rotatable bonds is 1. The van der Waals surface area contributed by atoms with E-state index in [1.54, 1.807) is 0 Å². The van der Waals surface area contributed by atoms with Crippen molar-refractivity contribution in [2.24, 2.45) is 0 Å². The second-order valence-electron chi connectivity index (χ2n) is 2.98. The summed E-state index contributed by atoms with van der Waals surface area (Å²) in [5, 5.41) is 0.556. The van der Waals surface area contributed by atoms with Gasteiger partial charge in [-0.2, -0.15) is 0 Å². The molecular formula is C5H13BrSi. The van der Waals surface area contributed by atoms with E-state index in [1.807, 2.05) is 0 Å². The molecule has 0 aliphatic carbocycles. The first-order valence-corrected chi connectivity index (χ1v) is 4.50. The lowest BCUT2D eigenvalue weighted by molar-refractivity contribution is 0.679. The summed E-state index contributed by atoms with van der Waals surface area (Å²) in [5.74, 6) is 0. The van der Waals surface area contributed by atoms with Gasteiger partial charge in [0, 0.05) is 15.1 Å². The van der Waals surface area contributed by atoms with Gasteiger partial charge in [0.15, 0.2) is 0 Å². The van der Waals surface area contributed by atoms with Gasteiger partial charge in [-0.15, -0.1) is 0 Å². The average Bonchev–Trinajstić information content (AvgIpc) is 1.31.